The van der Waals surface area contributed by atoms with Crippen molar-refractivity contribution in [1.82, 2.24) is 5.32 Å². The number of aliphatic hydroxyl groups excluding tert-OH is 1. The van der Waals surface area contributed by atoms with Crippen LogP contribution >= 0.6 is 0 Å². The van der Waals surface area contributed by atoms with Crippen molar-refractivity contribution in [2.45, 2.75) is 39.3 Å². The highest BCUT2D eigenvalue weighted by molar-refractivity contribution is 5.96. The van der Waals surface area contributed by atoms with E-state index in [-0.39, 0.29) is 5.78 Å². The molecular formula is C14H20N2O3. The van der Waals surface area contributed by atoms with E-state index in [0.717, 1.165) is 0 Å². The standard InChI is InChI=1S/C14H20N2O3/c1-9(17)11-6-5-7-12(8-11)15-13(19)16-14(3,4)10(2)18/h5-8,10,18H,1-4H3,(H2,15,16,19). The highest BCUT2D eigenvalue weighted by Gasteiger charge is 2.25. The van der Waals surface area contributed by atoms with E-state index in [9.17, 15) is 14.7 Å². The molecule has 0 bridgehead atoms. The molecule has 1 atom stereocenters. The van der Waals surface area contributed by atoms with Crippen molar-refractivity contribution in [3.8, 4) is 0 Å². The average molecular weight is 264 g/mol. The van der Waals surface area contributed by atoms with Crippen LogP contribution in [0.3, 0.4) is 0 Å². The largest absolute Gasteiger partial charge is 0.391 e. The van der Waals surface area contributed by atoms with Crippen LogP contribution in [0.1, 0.15) is 38.1 Å². The Hall–Kier alpha value is -1.88. The fourth-order valence-electron chi connectivity index (χ4n) is 1.38. The van der Waals surface area contributed by atoms with Gasteiger partial charge in [0.05, 0.1) is 11.6 Å². The summed E-state index contributed by atoms with van der Waals surface area (Å²) in [5.41, 5.74) is 0.335. The minimum absolute atomic E-state index is 0.0617. The van der Waals surface area contributed by atoms with Crippen LogP contribution in [0.5, 0.6) is 0 Å². The first-order valence-electron chi connectivity index (χ1n) is 6.10. The molecule has 5 nitrogen and oxygen atoms in total. The third-order valence-corrected chi connectivity index (χ3v) is 3.01. The molecule has 1 aromatic rings. The Balaban J connectivity index is 2.72. The van der Waals surface area contributed by atoms with Crippen LogP contribution in [0.15, 0.2) is 24.3 Å². The molecule has 0 fully saturated rings. The molecule has 0 saturated heterocycles. The number of benzene rings is 1. The molecule has 3 N–H and O–H groups in total. The molecule has 1 rings (SSSR count). The molecule has 0 aliphatic carbocycles. The van der Waals surface area contributed by atoms with E-state index < -0.39 is 17.7 Å². The molecule has 1 unspecified atom stereocenters. The third kappa shape index (κ3) is 4.37. The lowest BCUT2D eigenvalue weighted by molar-refractivity contribution is 0.101. The molecule has 104 valence electrons. The van der Waals surface area contributed by atoms with Gasteiger partial charge in [-0.25, -0.2) is 4.79 Å². The molecule has 0 aliphatic heterocycles. The number of rotatable bonds is 4. The SMILES string of the molecule is CC(=O)c1cccc(NC(=O)NC(C)(C)C(C)O)c1. The van der Waals surface area contributed by atoms with Gasteiger partial charge >= 0.3 is 6.03 Å². The van der Waals surface area contributed by atoms with Crippen LogP contribution in [-0.4, -0.2) is 28.6 Å². The molecule has 0 saturated carbocycles. The predicted octanol–water partition coefficient (Wildman–Crippen LogP) is 2.17. The van der Waals surface area contributed by atoms with Crippen molar-refractivity contribution in [2.24, 2.45) is 0 Å². The number of amides is 2. The molecule has 0 heterocycles. The Morgan fingerprint density at radius 1 is 1.32 bits per heavy atom. The predicted molar refractivity (Wildman–Crippen MR) is 74.4 cm³/mol. The number of ketones is 1. The topological polar surface area (TPSA) is 78.4 Å². The summed E-state index contributed by atoms with van der Waals surface area (Å²) in [4.78, 5) is 23.0. The van der Waals surface area contributed by atoms with E-state index in [1.807, 2.05) is 0 Å². The van der Waals surface area contributed by atoms with Gasteiger partial charge in [0.15, 0.2) is 5.78 Å². The van der Waals surface area contributed by atoms with Gasteiger partial charge in [-0.3, -0.25) is 4.79 Å². The normalized spacial score (nSPS) is 12.7. The first-order chi connectivity index (χ1) is 8.72. The van der Waals surface area contributed by atoms with E-state index in [1.165, 1.54) is 6.92 Å². The second kappa shape index (κ2) is 5.84. The van der Waals surface area contributed by atoms with Gasteiger partial charge in [0, 0.05) is 11.3 Å². The van der Waals surface area contributed by atoms with Gasteiger partial charge < -0.3 is 15.7 Å². The second-order valence-corrected chi connectivity index (χ2v) is 5.11. The highest BCUT2D eigenvalue weighted by atomic mass is 16.3. The number of urea groups is 1. The molecular weight excluding hydrogens is 244 g/mol. The first kappa shape index (κ1) is 15.2. The number of hydrogen-bond acceptors (Lipinski definition) is 3. The lowest BCUT2D eigenvalue weighted by atomic mass is 9.99. The molecule has 0 radical (unpaired) electrons. The summed E-state index contributed by atoms with van der Waals surface area (Å²) in [6.07, 6.45) is -0.679. The van der Waals surface area contributed by atoms with Crippen molar-refractivity contribution < 1.29 is 14.7 Å². The third-order valence-electron chi connectivity index (χ3n) is 3.01. The number of nitrogens with one attached hydrogen (secondary N) is 2. The van der Waals surface area contributed by atoms with Crippen molar-refractivity contribution in [1.29, 1.82) is 0 Å². The number of hydrogen-bond donors (Lipinski definition) is 3. The Morgan fingerprint density at radius 3 is 2.47 bits per heavy atom. The Labute approximate surface area is 113 Å². The number of anilines is 1. The van der Waals surface area contributed by atoms with Gasteiger partial charge in [-0.15, -0.1) is 0 Å². The number of carbonyl (C=O) groups is 2. The molecule has 19 heavy (non-hydrogen) atoms. The van der Waals surface area contributed by atoms with Gasteiger partial charge in [-0.1, -0.05) is 12.1 Å². The lowest BCUT2D eigenvalue weighted by Gasteiger charge is -2.29. The van der Waals surface area contributed by atoms with Gasteiger partial charge in [0.1, 0.15) is 0 Å². The van der Waals surface area contributed by atoms with Gasteiger partial charge in [0.2, 0.25) is 0 Å². The van der Waals surface area contributed by atoms with Crippen LogP contribution in [0.4, 0.5) is 10.5 Å². The molecule has 1 aromatic carbocycles. The number of carbonyl (C=O) groups excluding carboxylic acids is 2. The monoisotopic (exact) mass is 264 g/mol. The van der Waals surface area contributed by atoms with E-state index in [1.54, 1.807) is 45.0 Å². The molecule has 2 amide bonds. The smallest absolute Gasteiger partial charge is 0.319 e. The maximum absolute atomic E-state index is 11.8. The fourth-order valence-corrected chi connectivity index (χ4v) is 1.38. The fraction of sp³-hybridized carbons (Fsp3) is 0.429. The van der Waals surface area contributed by atoms with Gasteiger partial charge in [-0.05, 0) is 39.8 Å². The van der Waals surface area contributed by atoms with E-state index in [0.29, 0.717) is 11.3 Å². The van der Waals surface area contributed by atoms with Crippen molar-refractivity contribution in [3.63, 3.8) is 0 Å². The van der Waals surface area contributed by atoms with E-state index >= 15 is 0 Å². The first-order valence-corrected chi connectivity index (χ1v) is 6.10. The zero-order valence-corrected chi connectivity index (χ0v) is 11.7. The van der Waals surface area contributed by atoms with Crippen LogP contribution in [0, 0.1) is 0 Å². The van der Waals surface area contributed by atoms with Crippen molar-refractivity contribution in [2.75, 3.05) is 5.32 Å². The van der Waals surface area contributed by atoms with E-state index in [4.69, 9.17) is 0 Å². The van der Waals surface area contributed by atoms with Crippen LogP contribution in [-0.2, 0) is 0 Å². The lowest BCUT2D eigenvalue weighted by Crippen LogP contribution is -2.52. The molecule has 5 heteroatoms. The zero-order chi connectivity index (χ0) is 14.6. The van der Waals surface area contributed by atoms with Crippen LogP contribution in [0.25, 0.3) is 0 Å². The maximum atomic E-state index is 11.8. The summed E-state index contributed by atoms with van der Waals surface area (Å²) in [6.45, 7) is 6.53. The summed E-state index contributed by atoms with van der Waals surface area (Å²) in [7, 11) is 0. The highest BCUT2D eigenvalue weighted by Crippen LogP contribution is 2.13. The molecule has 0 aromatic heterocycles. The van der Waals surface area contributed by atoms with Crippen LogP contribution in [0.2, 0.25) is 0 Å². The summed E-state index contributed by atoms with van der Waals surface area (Å²) in [6, 6.07) is 6.27. The quantitative estimate of drug-likeness (QED) is 0.729. The minimum Gasteiger partial charge on any atom is -0.391 e. The van der Waals surface area contributed by atoms with E-state index in [2.05, 4.69) is 10.6 Å². The average Bonchev–Trinajstić information content (AvgIpc) is 2.28. The summed E-state index contributed by atoms with van der Waals surface area (Å²) >= 11 is 0. The Bertz CT molecular complexity index is 481. The molecule has 0 aliphatic rings. The van der Waals surface area contributed by atoms with Gasteiger partial charge in [-0.2, -0.15) is 0 Å². The van der Waals surface area contributed by atoms with Crippen molar-refractivity contribution >= 4 is 17.5 Å². The summed E-state index contributed by atoms with van der Waals surface area (Å²) in [5, 5.41) is 14.8. The van der Waals surface area contributed by atoms with Gasteiger partial charge in [0.25, 0.3) is 0 Å². The Morgan fingerprint density at radius 2 is 1.95 bits per heavy atom. The van der Waals surface area contributed by atoms with Crippen LogP contribution < -0.4 is 10.6 Å². The number of Topliss-reactive ketones (excluding diaryl/α,β-unsaturated/α-hetero) is 1. The summed E-state index contributed by atoms with van der Waals surface area (Å²) in [5.74, 6) is -0.0617. The zero-order valence-electron chi connectivity index (χ0n) is 11.7. The minimum atomic E-state index is -0.734. The molecule has 0 spiro atoms. The van der Waals surface area contributed by atoms with Crippen molar-refractivity contribution in [3.05, 3.63) is 29.8 Å². The second-order valence-electron chi connectivity index (χ2n) is 5.11. The maximum Gasteiger partial charge on any atom is 0.319 e. The summed E-state index contributed by atoms with van der Waals surface area (Å²) < 4.78 is 0. The Kier molecular flexibility index (Phi) is 4.67. The number of aliphatic hydroxyl groups is 1.